The fourth-order valence-electron chi connectivity index (χ4n) is 3.10. The number of aliphatic hydroxyl groups excluding tert-OH is 2. The second kappa shape index (κ2) is 6.05. The molecule has 1 saturated carbocycles. The number of carbonyl (C=O) groups excluding carboxylic acids is 1. The Kier molecular flexibility index (Phi) is 4.10. The Hall–Kier alpha value is -2.32. The number of aryl methyl sites for hydroxylation is 2. The number of aromatic nitrogens is 4. The number of hydrogen-bond acceptors (Lipinski definition) is 6. The van der Waals surface area contributed by atoms with E-state index in [9.17, 15) is 15.0 Å². The van der Waals surface area contributed by atoms with E-state index in [0.29, 0.717) is 12.1 Å². The van der Waals surface area contributed by atoms with Crippen LogP contribution in [-0.2, 0) is 7.05 Å². The summed E-state index contributed by atoms with van der Waals surface area (Å²) in [7, 11) is 1.68. The first-order valence-corrected chi connectivity index (χ1v) is 7.40. The van der Waals surface area contributed by atoms with Crippen LogP contribution in [0.25, 0.3) is 0 Å². The molecular formula is C15H19N5O3. The van der Waals surface area contributed by atoms with E-state index in [2.05, 4.69) is 20.4 Å². The molecule has 0 aromatic carbocycles. The Bertz CT molecular complexity index is 702. The highest BCUT2D eigenvalue weighted by Crippen LogP contribution is 2.34. The van der Waals surface area contributed by atoms with Crippen LogP contribution >= 0.6 is 0 Å². The van der Waals surface area contributed by atoms with Gasteiger partial charge in [-0.1, -0.05) is 0 Å². The van der Waals surface area contributed by atoms with Crippen molar-refractivity contribution in [1.82, 2.24) is 25.1 Å². The quantitative estimate of drug-likeness (QED) is 0.705. The summed E-state index contributed by atoms with van der Waals surface area (Å²) < 4.78 is 1.49. The van der Waals surface area contributed by atoms with Gasteiger partial charge in [-0.2, -0.15) is 5.10 Å². The molecule has 2 heterocycles. The van der Waals surface area contributed by atoms with E-state index in [-0.39, 0.29) is 11.8 Å². The average molecular weight is 317 g/mol. The third-order valence-corrected chi connectivity index (χ3v) is 4.23. The standard InChI is InChI=1S/C15H19N5O3/c1-8-3-11(20(2)19-8)15(23)18-13-10(4-12(21)14(13)22)9-5-16-7-17-6-9/h3,5-7,10,12-14,21-22H,4H2,1-2H3,(H,18,23)/t10-,12-,13-,14-/m1/s1. The highest BCUT2D eigenvalue weighted by atomic mass is 16.3. The smallest absolute Gasteiger partial charge is 0.269 e. The molecule has 8 nitrogen and oxygen atoms in total. The van der Waals surface area contributed by atoms with Crippen LogP contribution in [0.2, 0.25) is 0 Å². The molecule has 1 aliphatic rings. The van der Waals surface area contributed by atoms with Gasteiger partial charge in [0.05, 0.1) is 17.8 Å². The fourth-order valence-corrected chi connectivity index (χ4v) is 3.10. The minimum absolute atomic E-state index is 0.250. The molecule has 0 aliphatic heterocycles. The average Bonchev–Trinajstić information content (AvgIpc) is 3.01. The van der Waals surface area contributed by atoms with E-state index < -0.39 is 18.2 Å². The van der Waals surface area contributed by atoms with Gasteiger partial charge in [0.15, 0.2) is 0 Å². The van der Waals surface area contributed by atoms with Crippen LogP contribution in [-0.4, -0.2) is 54.1 Å². The molecule has 0 saturated heterocycles. The molecule has 2 aromatic heterocycles. The van der Waals surface area contributed by atoms with E-state index >= 15 is 0 Å². The largest absolute Gasteiger partial charge is 0.390 e. The molecule has 1 aliphatic carbocycles. The number of amides is 1. The number of rotatable bonds is 3. The summed E-state index contributed by atoms with van der Waals surface area (Å²) in [5.41, 5.74) is 1.91. The van der Waals surface area contributed by atoms with Gasteiger partial charge in [0.25, 0.3) is 5.91 Å². The van der Waals surface area contributed by atoms with Crippen molar-refractivity contribution in [2.75, 3.05) is 0 Å². The Morgan fingerprint density at radius 2 is 2.04 bits per heavy atom. The molecule has 0 spiro atoms. The molecule has 23 heavy (non-hydrogen) atoms. The molecule has 0 radical (unpaired) electrons. The van der Waals surface area contributed by atoms with Crippen molar-refractivity contribution < 1.29 is 15.0 Å². The topological polar surface area (TPSA) is 113 Å². The van der Waals surface area contributed by atoms with Crippen LogP contribution in [0, 0.1) is 6.92 Å². The second-order valence-corrected chi connectivity index (χ2v) is 5.87. The van der Waals surface area contributed by atoms with Crippen LogP contribution in [0.1, 0.15) is 34.1 Å². The third kappa shape index (κ3) is 2.95. The van der Waals surface area contributed by atoms with Crippen molar-refractivity contribution in [3.8, 4) is 0 Å². The highest BCUT2D eigenvalue weighted by molar-refractivity contribution is 5.93. The molecular weight excluding hydrogens is 298 g/mol. The van der Waals surface area contributed by atoms with E-state index in [0.717, 1.165) is 11.3 Å². The van der Waals surface area contributed by atoms with Gasteiger partial charge in [-0.25, -0.2) is 9.97 Å². The Morgan fingerprint density at radius 1 is 1.35 bits per heavy atom. The van der Waals surface area contributed by atoms with Crippen molar-refractivity contribution in [2.24, 2.45) is 7.05 Å². The van der Waals surface area contributed by atoms with Crippen LogP contribution in [0.5, 0.6) is 0 Å². The SMILES string of the molecule is Cc1cc(C(=O)N[C@H]2[C@H](O)[C@H](O)C[C@@H]2c2cncnc2)n(C)n1. The van der Waals surface area contributed by atoms with Gasteiger partial charge in [-0.15, -0.1) is 0 Å². The predicted molar refractivity (Wildman–Crippen MR) is 80.6 cm³/mol. The van der Waals surface area contributed by atoms with Crippen molar-refractivity contribution in [1.29, 1.82) is 0 Å². The van der Waals surface area contributed by atoms with Crippen molar-refractivity contribution in [2.45, 2.75) is 37.5 Å². The lowest BCUT2D eigenvalue weighted by Gasteiger charge is -2.23. The third-order valence-electron chi connectivity index (χ3n) is 4.23. The molecule has 3 rings (SSSR count). The molecule has 2 aromatic rings. The maximum atomic E-state index is 12.5. The summed E-state index contributed by atoms with van der Waals surface area (Å²) >= 11 is 0. The van der Waals surface area contributed by atoms with E-state index in [4.69, 9.17) is 0 Å². The minimum Gasteiger partial charge on any atom is -0.390 e. The lowest BCUT2D eigenvalue weighted by molar-refractivity contribution is 0.0293. The number of carbonyl (C=O) groups is 1. The minimum atomic E-state index is -1.04. The number of hydrogen-bond donors (Lipinski definition) is 3. The molecule has 1 fully saturated rings. The van der Waals surface area contributed by atoms with Gasteiger partial charge >= 0.3 is 0 Å². The fraction of sp³-hybridized carbons (Fsp3) is 0.467. The summed E-state index contributed by atoms with van der Waals surface area (Å²) in [6, 6.07) is 1.06. The van der Waals surface area contributed by atoms with Gasteiger partial charge in [0.2, 0.25) is 0 Å². The zero-order valence-electron chi connectivity index (χ0n) is 12.9. The Balaban J connectivity index is 1.84. The lowest BCUT2D eigenvalue weighted by Crippen LogP contribution is -2.45. The molecule has 3 N–H and O–H groups in total. The summed E-state index contributed by atoms with van der Waals surface area (Å²) in [4.78, 5) is 20.4. The van der Waals surface area contributed by atoms with Crippen LogP contribution in [0.3, 0.4) is 0 Å². The van der Waals surface area contributed by atoms with Gasteiger partial charge in [-0.3, -0.25) is 9.48 Å². The summed E-state index contributed by atoms with van der Waals surface area (Å²) in [5, 5.41) is 27.2. The summed E-state index contributed by atoms with van der Waals surface area (Å²) in [5.74, 6) is -0.590. The number of nitrogens with one attached hydrogen (secondary N) is 1. The number of nitrogens with zero attached hydrogens (tertiary/aromatic N) is 4. The molecule has 0 bridgehead atoms. The van der Waals surface area contributed by atoms with E-state index in [1.54, 1.807) is 32.4 Å². The van der Waals surface area contributed by atoms with Gasteiger partial charge in [-0.05, 0) is 25.0 Å². The van der Waals surface area contributed by atoms with Gasteiger partial charge < -0.3 is 15.5 Å². The molecule has 4 atom stereocenters. The van der Waals surface area contributed by atoms with E-state index in [1.165, 1.54) is 11.0 Å². The molecule has 8 heteroatoms. The van der Waals surface area contributed by atoms with Gasteiger partial charge in [0, 0.05) is 25.4 Å². The molecule has 0 unspecified atom stereocenters. The first-order chi connectivity index (χ1) is 11.0. The first kappa shape index (κ1) is 15.6. The highest BCUT2D eigenvalue weighted by Gasteiger charge is 2.43. The predicted octanol–water partition coefficient (Wildman–Crippen LogP) is -0.474. The molecule has 1 amide bonds. The maximum Gasteiger partial charge on any atom is 0.269 e. The van der Waals surface area contributed by atoms with Crippen LogP contribution in [0.4, 0.5) is 0 Å². The maximum absolute atomic E-state index is 12.5. The van der Waals surface area contributed by atoms with Crippen LogP contribution < -0.4 is 5.32 Å². The summed E-state index contributed by atoms with van der Waals surface area (Å²) in [6.07, 6.45) is 3.07. The first-order valence-electron chi connectivity index (χ1n) is 7.40. The Morgan fingerprint density at radius 3 is 2.65 bits per heavy atom. The van der Waals surface area contributed by atoms with Crippen molar-refractivity contribution >= 4 is 5.91 Å². The zero-order valence-corrected chi connectivity index (χ0v) is 12.9. The summed E-state index contributed by atoms with van der Waals surface area (Å²) in [6.45, 7) is 1.80. The molecule has 122 valence electrons. The van der Waals surface area contributed by atoms with Crippen LogP contribution in [0.15, 0.2) is 24.8 Å². The van der Waals surface area contributed by atoms with Crippen molar-refractivity contribution in [3.05, 3.63) is 41.7 Å². The Labute approximate surface area is 133 Å². The zero-order chi connectivity index (χ0) is 16.6. The lowest BCUT2D eigenvalue weighted by atomic mass is 9.96. The van der Waals surface area contributed by atoms with Crippen molar-refractivity contribution in [3.63, 3.8) is 0 Å². The van der Waals surface area contributed by atoms with Gasteiger partial charge in [0.1, 0.15) is 18.1 Å². The normalized spacial score (nSPS) is 27.1. The monoisotopic (exact) mass is 317 g/mol. The van der Waals surface area contributed by atoms with E-state index in [1.807, 2.05) is 0 Å². The number of aliphatic hydroxyl groups is 2. The second-order valence-electron chi connectivity index (χ2n) is 5.87.